The summed E-state index contributed by atoms with van der Waals surface area (Å²) >= 11 is 0. The van der Waals surface area contributed by atoms with E-state index in [1.54, 1.807) is 12.4 Å². The summed E-state index contributed by atoms with van der Waals surface area (Å²) in [4.78, 5) is 8.89. The second-order valence-electron chi connectivity index (χ2n) is 6.81. The molecule has 2 N–H and O–H groups in total. The van der Waals surface area contributed by atoms with Gasteiger partial charge >= 0.3 is 0 Å². The number of hydrogen-bond acceptors (Lipinski definition) is 6. The van der Waals surface area contributed by atoms with E-state index in [1.807, 2.05) is 66.7 Å². The molecule has 0 aliphatic carbocycles. The number of nitrogens with two attached hydrogens (primary N) is 1. The lowest BCUT2D eigenvalue weighted by Crippen LogP contribution is -2.20. The van der Waals surface area contributed by atoms with Gasteiger partial charge in [-0.2, -0.15) is 5.26 Å². The van der Waals surface area contributed by atoms with E-state index in [-0.39, 0.29) is 5.88 Å². The molecule has 6 heteroatoms. The minimum atomic E-state index is -0.492. The Labute approximate surface area is 172 Å². The van der Waals surface area contributed by atoms with Crippen molar-refractivity contribution in [1.82, 2.24) is 9.97 Å². The molecule has 0 fully saturated rings. The maximum absolute atomic E-state index is 9.90. The molecular formula is C24H16N4O2. The average Bonchev–Trinajstić information content (AvgIpc) is 3.23. The number of benzene rings is 2. The quantitative estimate of drug-likeness (QED) is 0.547. The second-order valence-corrected chi connectivity index (χ2v) is 6.81. The van der Waals surface area contributed by atoms with Crippen LogP contribution in [0.5, 0.6) is 0 Å². The number of hydrogen-bond donors (Lipinski definition) is 1. The summed E-state index contributed by atoms with van der Waals surface area (Å²) in [5.74, 6) is 0.419. The molecule has 0 saturated carbocycles. The minimum absolute atomic E-state index is 0.0602. The summed E-state index contributed by atoms with van der Waals surface area (Å²) in [5.41, 5.74) is 10.1. The van der Waals surface area contributed by atoms with E-state index in [0.29, 0.717) is 28.4 Å². The normalized spacial score (nSPS) is 16.4. The highest BCUT2D eigenvalue weighted by Gasteiger charge is 2.37. The van der Waals surface area contributed by atoms with E-state index >= 15 is 0 Å². The second kappa shape index (κ2) is 7.22. The lowest BCUT2D eigenvalue weighted by Gasteiger charge is -2.27. The Hall–Kier alpha value is -4.37. The van der Waals surface area contributed by atoms with E-state index in [9.17, 15) is 5.26 Å². The van der Waals surface area contributed by atoms with Crippen molar-refractivity contribution < 1.29 is 9.15 Å². The molecule has 3 heterocycles. The predicted octanol–water partition coefficient (Wildman–Crippen LogP) is 4.60. The van der Waals surface area contributed by atoms with Crippen molar-refractivity contribution in [2.45, 2.75) is 5.92 Å². The number of ether oxygens (including phenoxy) is 1. The summed E-state index contributed by atoms with van der Waals surface area (Å²) in [6.07, 6.45) is 3.37. The smallest absolute Gasteiger partial charge is 0.228 e. The van der Waals surface area contributed by atoms with Gasteiger partial charge in [-0.25, -0.2) is 4.98 Å². The van der Waals surface area contributed by atoms with Crippen molar-refractivity contribution in [3.8, 4) is 6.07 Å². The van der Waals surface area contributed by atoms with Crippen LogP contribution >= 0.6 is 0 Å². The molecule has 2 aromatic heterocycles. The molecule has 0 amide bonds. The number of pyridine rings is 1. The molecule has 1 atom stereocenters. The SMILES string of the molecule is N#CC1=C(N)OC(c2cccnc2)=C(c2nc3ccccc3o2)C1c1ccccc1. The highest BCUT2D eigenvalue weighted by Crippen LogP contribution is 2.47. The van der Waals surface area contributed by atoms with Gasteiger partial charge in [0.15, 0.2) is 5.58 Å². The Bertz CT molecular complexity index is 1300. The number of nitrogens with zero attached hydrogens (tertiary/aromatic N) is 3. The van der Waals surface area contributed by atoms with E-state index < -0.39 is 5.92 Å². The Morgan fingerprint density at radius 2 is 1.77 bits per heavy atom. The molecule has 1 aliphatic heterocycles. The maximum atomic E-state index is 9.90. The topological polar surface area (TPSA) is 98.0 Å². The zero-order valence-corrected chi connectivity index (χ0v) is 15.8. The van der Waals surface area contributed by atoms with Crippen LogP contribution in [-0.2, 0) is 4.74 Å². The van der Waals surface area contributed by atoms with Crippen LogP contribution < -0.4 is 5.73 Å². The van der Waals surface area contributed by atoms with Crippen molar-refractivity contribution in [3.05, 3.63) is 108 Å². The van der Waals surface area contributed by atoms with Gasteiger partial charge in [0, 0.05) is 18.0 Å². The summed E-state index contributed by atoms with van der Waals surface area (Å²) in [7, 11) is 0. The summed E-state index contributed by atoms with van der Waals surface area (Å²) in [6.45, 7) is 0. The Morgan fingerprint density at radius 3 is 2.50 bits per heavy atom. The molecular weight excluding hydrogens is 376 g/mol. The van der Waals surface area contributed by atoms with Gasteiger partial charge in [-0.1, -0.05) is 42.5 Å². The molecule has 30 heavy (non-hydrogen) atoms. The lowest BCUT2D eigenvalue weighted by atomic mass is 9.82. The predicted molar refractivity (Wildman–Crippen MR) is 112 cm³/mol. The third kappa shape index (κ3) is 2.90. The Morgan fingerprint density at radius 1 is 0.967 bits per heavy atom. The van der Waals surface area contributed by atoms with E-state index in [0.717, 1.165) is 16.6 Å². The van der Waals surface area contributed by atoms with Crippen LogP contribution in [0.2, 0.25) is 0 Å². The van der Waals surface area contributed by atoms with Crippen LogP contribution in [0.1, 0.15) is 22.9 Å². The number of aromatic nitrogens is 2. The van der Waals surface area contributed by atoms with Crippen LogP contribution in [0.15, 0.2) is 95.0 Å². The van der Waals surface area contributed by atoms with E-state index in [4.69, 9.17) is 14.9 Å². The summed E-state index contributed by atoms with van der Waals surface area (Å²) in [5, 5.41) is 9.90. The standard InChI is InChI=1S/C24H16N4O2/c25-13-17-20(15-7-2-1-3-8-15)21(24-28-18-10-4-5-11-19(18)29-24)22(30-23(17)26)16-9-6-12-27-14-16/h1-12,14,20H,26H2. The number of para-hydroxylation sites is 2. The number of fused-ring (bicyclic) bond motifs is 1. The van der Waals surface area contributed by atoms with Crippen molar-refractivity contribution in [2.24, 2.45) is 5.73 Å². The highest BCUT2D eigenvalue weighted by molar-refractivity contribution is 5.93. The van der Waals surface area contributed by atoms with Crippen molar-refractivity contribution in [2.75, 3.05) is 0 Å². The number of rotatable bonds is 3. The fourth-order valence-electron chi connectivity index (χ4n) is 3.66. The first-order valence-electron chi connectivity index (χ1n) is 9.39. The van der Waals surface area contributed by atoms with Gasteiger partial charge in [0.1, 0.15) is 22.9 Å². The molecule has 2 aromatic carbocycles. The van der Waals surface area contributed by atoms with Crippen LogP contribution in [0.25, 0.3) is 22.4 Å². The van der Waals surface area contributed by atoms with Crippen molar-refractivity contribution >= 4 is 22.4 Å². The molecule has 0 radical (unpaired) electrons. The zero-order chi connectivity index (χ0) is 20.5. The van der Waals surface area contributed by atoms with Crippen LogP contribution in [0.3, 0.4) is 0 Å². The molecule has 5 rings (SSSR count). The zero-order valence-electron chi connectivity index (χ0n) is 15.8. The Kier molecular flexibility index (Phi) is 4.26. The molecule has 1 unspecified atom stereocenters. The molecule has 6 nitrogen and oxygen atoms in total. The van der Waals surface area contributed by atoms with Crippen LogP contribution in [-0.4, -0.2) is 9.97 Å². The largest absolute Gasteiger partial charge is 0.439 e. The fourth-order valence-corrected chi connectivity index (χ4v) is 3.66. The first kappa shape index (κ1) is 17.7. The van der Waals surface area contributed by atoms with Gasteiger partial charge in [0.2, 0.25) is 11.8 Å². The summed E-state index contributed by atoms with van der Waals surface area (Å²) in [6, 6.07) is 23.1. The lowest BCUT2D eigenvalue weighted by molar-refractivity contribution is 0.362. The molecule has 0 bridgehead atoms. The summed E-state index contributed by atoms with van der Waals surface area (Å²) < 4.78 is 12.1. The monoisotopic (exact) mass is 392 g/mol. The van der Waals surface area contributed by atoms with Gasteiger partial charge in [-0.15, -0.1) is 0 Å². The molecule has 144 valence electrons. The Balaban J connectivity index is 1.83. The number of nitriles is 1. The minimum Gasteiger partial charge on any atom is -0.439 e. The van der Waals surface area contributed by atoms with Crippen molar-refractivity contribution in [1.29, 1.82) is 5.26 Å². The van der Waals surface area contributed by atoms with Crippen LogP contribution in [0.4, 0.5) is 0 Å². The molecule has 0 saturated heterocycles. The van der Waals surface area contributed by atoms with Gasteiger partial charge < -0.3 is 14.9 Å². The van der Waals surface area contributed by atoms with Gasteiger partial charge in [0.25, 0.3) is 0 Å². The average molecular weight is 392 g/mol. The molecule has 1 aliphatic rings. The van der Waals surface area contributed by atoms with Gasteiger partial charge in [0.05, 0.1) is 11.5 Å². The van der Waals surface area contributed by atoms with Crippen molar-refractivity contribution in [3.63, 3.8) is 0 Å². The van der Waals surface area contributed by atoms with Gasteiger partial charge in [-0.05, 0) is 29.8 Å². The molecule has 4 aromatic rings. The third-order valence-electron chi connectivity index (χ3n) is 5.00. The third-order valence-corrected chi connectivity index (χ3v) is 5.00. The van der Waals surface area contributed by atoms with Crippen LogP contribution in [0, 0.1) is 11.3 Å². The van der Waals surface area contributed by atoms with E-state index in [2.05, 4.69) is 16.0 Å². The first-order valence-corrected chi connectivity index (χ1v) is 9.39. The molecule has 0 spiro atoms. The first-order chi connectivity index (χ1) is 14.8. The van der Waals surface area contributed by atoms with Gasteiger partial charge in [-0.3, -0.25) is 4.98 Å². The van der Waals surface area contributed by atoms with E-state index in [1.165, 1.54) is 0 Å². The maximum Gasteiger partial charge on any atom is 0.228 e. The highest BCUT2D eigenvalue weighted by atomic mass is 16.5. The number of oxazole rings is 1. The number of allylic oxidation sites excluding steroid dienone is 2. The fraction of sp³-hybridized carbons (Fsp3) is 0.0417.